The number of aryl methyl sites for hydroxylation is 1. The third kappa shape index (κ3) is 3.95. The van der Waals surface area contributed by atoms with Crippen molar-refractivity contribution < 1.29 is 4.74 Å². The summed E-state index contributed by atoms with van der Waals surface area (Å²) >= 11 is 0. The van der Waals surface area contributed by atoms with Crippen LogP contribution < -0.4 is 5.32 Å². The molecule has 0 amide bonds. The van der Waals surface area contributed by atoms with Gasteiger partial charge in [0.15, 0.2) is 0 Å². The Kier molecular flexibility index (Phi) is 6.12. The summed E-state index contributed by atoms with van der Waals surface area (Å²) < 4.78 is 5.67. The van der Waals surface area contributed by atoms with Crippen molar-refractivity contribution in [1.82, 2.24) is 5.32 Å². The summed E-state index contributed by atoms with van der Waals surface area (Å²) in [6.07, 6.45) is 2.33. The van der Waals surface area contributed by atoms with Crippen molar-refractivity contribution in [3.8, 4) is 0 Å². The number of benzene rings is 1. The Morgan fingerprint density at radius 1 is 1.31 bits per heavy atom. The highest BCUT2D eigenvalue weighted by Crippen LogP contribution is 2.17. The van der Waals surface area contributed by atoms with Gasteiger partial charge < -0.3 is 10.1 Å². The van der Waals surface area contributed by atoms with E-state index in [0.29, 0.717) is 6.04 Å². The molecule has 0 aliphatic carbocycles. The van der Waals surface area contributed by atoms with Crippen LogP contribution in [0.5, 0.6) is 0 Å². The predicted molar refractivity (Wildman–Crippen MR) is 68.7 cm³/mol. The zero-order valence-electron chi connectivity index (χ0n) is 10.6. The molecule has 16 heavy (non-hydrogen) atoms. The fourth-order valence-electron chi connectivity index (χ4n) is 1.75. The van der Waals surface area contributed by atoms with Crippen molar-refractivity contribution in [3.05, 3.63) is 35.4 Å². The van der Waals surface area contributed by atoms with Gasteiger partial charge in [0.2, 0.25) is 0 Å². The van der Waals surface area contributed by atoms with Gasteiger partial charge in [-0.15, -0.1) is 0 Å². The monoisotopic (exact) mass is 221 g/mol. The van der Waals surface area contributed by atoms with Crippen LogP contribution in [-0.4, -0.2) is 20.3 Å². The first-order chi connectivity index (χ1) is 7.79. The normalized spacial score (nSPS) is 12.7. The van der Waals surface area contributed by atoms with E-state index in [9.17, 15) is 0 Å². The van der Waals surface area contributed by atoms with Crippen LogP contribution in [0.1, 0.15) is 36.9 Å². The average molecular weight is 221 g/mol. The molecule has 2 heteroatoms. The van der Waals surface area contributed by atoms with Crippen molar-refractivity contribution in [1.29, 1.82) is 0 Å². The van der Waals surface area contributed by atoms with E-state index in [0.717, 1.165) is 19.6 Å². The van der Waals surface area contributed by atoms with Gasteiger partial charge in [-0.1, -0.05) is 37.6 Å². The highest BCUT2D eigenvalue weighted by atomic mass is 16.5. The van der Waals surface area contributed by atoms with Gasteiger partial charge >= 0.3 is 0 Å². The summed E-state index contributed by atoms with van der Waals surface area (Å²) in [6.45, 7) is 5.94. The van der Waals surface area contributed by atoms with E-state index in [1.165, 1.54) is 17.5 Å². The third-order valence-corrected chi connectivity index (χ3v) is 2.84. The molecular weight excluding hydrogens is 198 g/mol. The molecule has 0 radical (unpaired) electrons. The van der Waals surface area contributed by atoms with Crippen LogP contribution in [0.4, 0.5) is 0 Å². The SMILES string of the molecule is CCCCOCC(NC)c1ccccc1C. The third-order valence-electron chi connectivity index (χ3n) is 2.84. The number of ether oxygens (including phenoxy) is 1. The predicted octanol–water partition coefficient (Wildman–Crippen LogP) is 3.07. The van der Waals surface area contributed by atoms with Crippen molar-refractivity contribution in [2.24, 2.45) is 0 Å². The Hall–Kier alpha value is -0.860. The zero-order valence-corrected chi connectivity index (χ0v) is 10.6. The minimum Gasteiger partial charge on any atom is -0.379 e. The van der Waals surface area contributed by atoms with Crippen LogP contribution in [0.3, 0.4) is 0 Å². The molecule has 2 nitrogen and oxygen atoms in total. The van der Waals surface area contributed by atoms with Crippen LogP contribution in [0, 0.1) is 6.92 Å². The fourth-order valence-corrected chi connectivity index (χ4v) is 1.75. The number of unbranched alkanes of at least 4 members (excludes halogenated alkanes) is 1. The van der Waals surface area contributed by atoms with Gasteiger partial charge in [-0.2, -0.15) is 0 Å². The van der Waals surface area contributed by atoms with E-state index in [4.69, 9.17) is 4.74 Å². The van der Waals surface area contributed by atoms with Gasteiger partial charge in [0.25, 0.3) is 0 Å². The van der Waals surface area contributed by atoms with E-state index in [2.05, 4.69) is 43.4 Å². The molecule has 0 bridgehead atoms. The van der Waals surface area contributed by atoms with Crippen LogP contribution in [0.25, 0.3) is 0 Å². The highest BCUT2D eigenvalue weighted by Gasteiger charge is 2.10. The minimum atomic E-state index is 0.304. The maximum absolute atomic E-state index is 5.67. The molecule has 90 valence electrons. The Morgan fingerprint density at radius 3 is 2.69 bits per heavy atom. The first-order valence-corrected chi connectivity index (χ1v) is 6.10. The van der Waals surface area contributed by atoms with Crippen molar-refractivity contribution in [2.45, 2.75) is 32.7 Å². The number of rotatable bonds is 7. The molecule has 1 aromatic rings. The lowest BCUT2D eigenvalue weighted by atomic mass is 10.0. The standard InChI is InChI=1S/C14H23NO/c1-4-5-10-16-11-14(15-3)13-9-7-6-8-12(13)2/h6-9,14-15H,4-5,10-11H2,1-3H3. The average Bonchev–Trinajstić information content (AvgIpc) is 2.31. The molecule has 0 aliphatic heterocycles. The molecule has 1 rings (SSSR count). The molecule has 1 unspecified atom stereocenters. The Balaban J connectivity index is 2.51. The Morgan fingerprint density at radius 2 is 2.06 bits per heavy atom. The number of hydrogen-bond donors (Lipinski definition) is 1. The van der Waals surface area contributed by atoms with Gasteiger partial charge in [-0.3, -0.25) is 0 Å². The molecule has 0 saturated heterocycles. The second kappa shape index (κ2) is 7.42. The first kappa shape index (κ1) is 13.2. The number of likely N-dealkylation sites (N-methyl/N-ethyl adjacent to an activating group) is 1. The second-order valence-corrected chi connectivity index (χ2v) is 4.13. The number of nitrogens with one attached hydrogen (secondary N) is 1. The molecule has 0 aromatic heterocycles. The minimum absolute atomic E-state index is 0.304. The van der Waals surface area contributed by atoms with E-state index in [1.807, 2.05) is 7.05 Å². The largest absolute Gasteiger partial charge is 0.379 e. The quantitative estimate of drug-likeness (QED) is 0.714. The molecule has 0 aliphatic rings. The van der Waals surface area contributed by atoms with Gasteiger partial charge in [0.05, 0.1) is 12.6 Å². The molecule has 0 saturated carbocycles. The molecule has 1 N–H and O–H groups in total. The first-order valence-electron chi connectivity index (χ1n) is 6.10. The summed E-state index contributed by atoms with van der Waals surface area (Å²) in [4.78, 5) is 0. The van der Waals surface area contributed by atoms with Crippen LogP contribution in [0.15, 0.2) is 24.3 Å². The number of hydrogen-bond acceptors (Lipinski definition) is 2. The van der Waals surface area contributed by atoms with E-state index in [-0.39, 0.29) is 0 Å². The summed E-state index contributed by atoms with van der Waals surface area (Å²) in [5.74, 6) is 0. The second-order valence-electron chi connectivity index (χ2n) is 4.13. The molecule has 0 heterocycles. The van der Waals surface area contributed by atoms with Gasteiger partial charge in [0, 0.05) is 6.61 Å². The topological polar surface area (TPSA) is 21.3 Å². The van der Waals surface area contributed by atoms with Crippen molar-refractivity contribution in [2.75, 3.05) is 20.3 Å². The molecule has 0 fully saturated rings. The zero-order chi connectivity index (χ0) is 11.8. The maximum Gasteiger partial charge on any atom is 0.0661 e. The fraction of sp³-hybridized carbons (Fsp3) is 0.571. The summed E-state index contributed by atoms with van der Waals surface area (Å²) in [6, 6.07) is 8.77. The van der Waals surface area contributed by atoms with Crippen molar-refractivity contribution >= 4 is 0 Å². The van der Waals surface area contributed by atoms with Crippen LogP contribution >= 0.6 is 0 Å². The van der Waals surface area contributed by atoms with Crippen LogP contribution in [-0.2, 0) is 4.74 Å². The molecule has 1 atom stereocenters. The molecule has 0 spiro atoms. The van der Waals surface area contributed by atoms with E-state index < -0.39 is 0 Å². The summed E-state index contributed by atoms with van der Waals surface area (Å²) in [5.41, 5.74) is 2.66. The summed E-state index contributed by atoms with van der Waals surface area (Å²) in [7, 11) is 1.99. The van der Waals surface area contributed by atoms with Crippen LogP contribution in [0.2, 0.25) is 0 Å². The molecular formula is C14H23NO. The lowest BCUT2D eigenvalue weighted by Crippen LogP contribution is -2.22. The Labute approximate surface area is 99.0 Å². The van der Waals surface area contributed by atoms with Gasteiger partial charge in [0.1, 0.15) is 0 Å². The Bertz CT molecular complexity index is 299. The molecule has 1 aromatic carbocycles. The lowest BCUT2D eigenvalue weighted by molar-refractivity contribution is 0.111. The summed E-state index contributed by atoms with van der Waals surface area (Å²) in [5, 5.41) is 3.31. The maximum atomic E-state index is 5.67. The van der Waals surface area contributed by atoms with Gasteiger partial charge in [-0.25, -0.2) is 0 Å². The van der Waals surface area contributed by atoms with Crippen molar-refractivity contribution in [3.63, 3.8) is 0 Å². The lowest BCUT2D eigenvalue weighted by Gasteiger charge is -2.18. The van der Waals surface area contributed by atoms with E-state index in [1.54, 1.807) is 0 Å². The van der Waals surface area contributed by atoms with Gasteiger partial charge in [-0.05, 0) is 31.5 Å². The highest BCUT2D eigenvalue weighted by molar-refractivity contribution is 5.28. The smallest absolute Gasteiger partial charge is 0.0661 e. The van der Waals surface area contributed by atoms with E-state index >= 15 is 0 Å².